The highest BCUT2D eigenvalue weighted by molar-refractivity contribution is 5.28. The molecule has 114 valence electrons. The van der Waals surface area contributed by atoms with Crippen LogP contribution in [0.1, 0.15) is 45.4 Å². The molecule has 6 nitrogen and oxygen atoms in total. The molecule has 0 aliphatic carbocycles. The molecule has 1 fully saturated rings. The summed E-state index contributed by atoms with van der Waals surface area (Å²) in [6.45, 7) is 10.7. The first-order valence-electron chi connectivity index (χ1n) is 7.65. The number of hydrogen-bond donors (Lipinski definition) is 1. The molecule has 1 saturated heterocycles. The van der Waals surface area contributed by atoms with Crippen molar-refractivity contribution in [2.45, 2.75) is 45.6 Å². The van der Waals surface area contributed by atoms with Crippen LogP contribution in [0.5, 0.6) is 0 Å². The molecule has 2 rings (SSSR count). The van der Waals surface area contributed by atoms with Gasteiger partial charge in [-0.15, -0.1) is 0 Å². The highest BCUT2D eigenvalue weighted by atomic mass is 16.5. The van der Waals surface area contributed by atoms with Gasteiger partial charge in [-0.3, -0.25) is 0 Å². The van der Waals surface area contributed by atoms with E-state index in [4.69, 9.17) is 9.26 Å². The second kappa shape index (κ2) is 7.59. The lowest BCUT2D eigenvalue weighted by atomic mass is 9.98. The first-order valence-corrected chi connectivity index (χ1v) is 7.65. The van der Waals surface area contributed by atoms with Gasteiger partial charge >= 0.3 is 0 Å². The fourth-order valence-corrected chi connectivity index (χ4v) is 2.53. The second-order valence-corrected chi connectivity index (χ2v) is 5.29. The fraction of sp³-hybridized carbons (Fsp3) is 0.857. The van der Waals surface area contributed by atoms with E-state index in [0.717, 1.165) is 51.6 Å². The predicted octanol–water partition coefficient (Wildman–Crippen LogP) is 1.79. The van der Waals surface area contributed by atoms with Crippen molar-refractivity contribution in [2.24, 2.45) is 0 Å². The molecule has 1 aliphatic rings. The Labute approximate surface area is 120 Å². The van der Waals surface area contributed by atoms with E-state index in [2.05, 4.69) is 41.1 Å². The summed E-state index contributed by atoms with van der Waals surface area (Å²) in [6, 6.07) is 0.345. The van der Waals surface area contributed by atoms with Crippen LogP contribution in [0.4, 0.5) is 5.95 Å². The minimum atomic E-state index is 0.267. The SMILES string of the molecule is CCCNC(C)C(CC)c1nc(N2CCOCC2)no1. The van der Waals surface area contributed by atoms with Gasteiger partial charge in [0.25, 0.3) is 5.95 Å². The van der Waals surface area contributed by atoms with Gasteiger partial charge in [0.05, 0.1) is 19.1 Å². The van der Waals surface area contributed by atoms with Crippen molar-refractivity contribution in [3.8, 4) is 0 Å². The normalized spacial score (nSPS) is 19.1. The number of hydrogen-bond acceptors (Lipinski definition) is 6. The maximum atomic E-state index is 5.49. The van der Waals surface area contributed by atoms with Crippen molar-refractivity contribution in [3.05, 3.63) is 5.89 Å². The second-order valence-electron chi connectivity index (χ2n) is 5.29. The van der Waals surface area contributed by atoms with Crippen LogP contribution in [0, 0.1) is 0 Å². The Bertz CT molecular complexity index is 390. The van der Waals surface area contributed by atoms with Gasteiger partial charge in [-0.2, -0.15) is 4.98 Å². The number of aromatic nitrogens is 2. The van der Waals surface area contributed by atoms with E-state index >= 15 is 0 Å². The Morgan fingerprint density at radius 3 is 2.70 bits per heavy atom. The van der Waals surface area contributed by atoms with Crippen molar-refractivity contribution in [2.75, 3.05) is 37.7 Å². The van der Waals surface area contributed by atoms with Gasteiger partial charge < -0.3 is 19.5 Å². The largest absolute Gasteiger partial charge is 0.378 e. The van der Waals surface area contributed by atoms with Crippen molar-refractivity contribution in [1.29, 1.82) is 0 Å². The molecule has 2 heterocycles. The first-order chi connectivity index (χ1) is 9.76. The summed E-state index contributed by atoms with van der Waals surface area (Å²) >= 11 is 0. The first kappa shape index (κ1) is 15.3. The molecular formula is C14H26N4O2. The Morgan fingerprint density at radius 2 is 2.05 bits per heavy atom. The lowest BCUT2D eigenvalue weighted by molar-refractivity contribution is 0.121. The summed E-state index contributed by atoms with van der Waals surface area (Å²) in [7, 11) is 0. The number of nitrogens with one attached hydrogen (secondary N) is 1. The van der Waals surface area contributed by atoms with E-state index in [1.54, 1.807) is 0 Å². The fourth-order valence-electron chi connectivity index (χ4n) is 2.53. The minimum Gasteiger partial charge on any atom is -0.378 e. The van der Waals surface area contributed by atoms with E-state index < -0.39 is 0 Å². The monoisotopic (exact) mass is 282 g/mol. The summed E-state index contributed by atoms with van der Waals surface area (Å²) in [4.78, 5) is 6.71. The standard InChI is InChI=1S/C14H26N4O2/c1-4-6-15-11(3)12(5-2)13-16-14(17-20-13)18-7-9-19-10-8-18/h11-12,15H,4-10H2,1-3H3. The lowest BCUT2D eigenvalue weighted by Gasteiger charge is -2.25. The minimum absolute atomic E-state index is 0.267. The van der Waals surface area contributed by atoms with E-state index in [-0.39, 0.29) is 5.92 Å². The molecular weight excluding hydrogens is 256 g/mol. The Hall–Kier alpha value is -1.14. The molecule has 1 aliphatic heterocycles. The van der Waals surface area contributed by atoms with Crippen LogP contribution in [0.2, 0.25) is 0 Å². The smallest absolute Gasteiger partial charge is 0.266 e. The van der Waals surface area contributed by atoms with Crippen LogP contribution in [-0.4, -0.2) is 49.0 Å². The van der Waals surface area contributed by atoms with Gasteiger partial charge in [0.2, 0.25) is 5.89 Å². The third-order valence-corrected chi connectivity index (χ3v) is 3.80. The maximum absolute atomic E-state index is 5.49. The lowest BCUT2D eigenvalue weighted by Crippen LogP contribution is -2.37. The summed E-state index contributed by atoms with van der Waals surface area (Å²) < 4.78 is 10.8. The molecule has 1 aromatic heterocycles. The summed E-state index contributed by atoms with van der Waals surface area (Å²) in [5.41, 5.74) is 0. The maximum Gasteiger partial charge on any atom is 0.266 e. The third kappa shape index (κ3) is 3.70. The number of morpholine rings is 1. The van der Waals surface area contributed by atoms with Crippen molar-refractivity contribution in [1.82, 2.24) is 15.5 Å². The summed E-state index contributed by atoms with van der Waals surface area (Å²) in [5, 5.41) is 7.64. The van der Waals surface area contributed by atoms with Crippen LogP contribution < -0.4 is 10.2 Å². The van der Waals surface area contributed by atoms with Crippen LogP contribution in [0.3, 0.4) is 0 Å². The van der Waals surface area contributed by atoms with Gasteiger partial charge in [0, 0.05) is 19.1 Å². The Kier molecular flexibility index (Phi) is 5.79. The molecule has 6 heteroatoms. The Morgan fingerprint density at radius 1 is 1.30 bits per heavy atom. The van der Waals surface area contributed by atoms with Crippen LogP contribution in [-0.2, 0) is 4.74 Å². The number of rotatable bonds is 7. The van der Waals surface area contributed by atoms with E-state index in [1.807, 2.05) is 0 Å². The molecule has 0 aromatic carbocycles. The predicted molar refractivity (Wildman–Crippen MR) is 78.1 cm³/mol. The van der Waals surface area contributed by atoms with Crippen molar-refractivity contribution >= 4 is 5.95 Å². The molecule has 2 unspecified atom stereocenters. The van der Waals surface area contributed by atoms with Gasteiger partial charge in [-0.25, -0.2) is 0 Å². The van der Waals surface area contributed by atoms with Gasteiger partial charge in [0.1, 0.15) is 0 Å². The molecule has 0 amide bonds. The van der Waals surface area contributed by atoms with Crippen LogP contribution >= 0.6 is 0 Å². The molecule has 0 saturated carbocycles. The average Bonchev–Trinajstić information content (AvgIpc) is 2.96. The van der Waals surface area contributed by atoms with E-state index in [0.29, 0.717) is 12.0 Å². The van der Waals surface area contributed by atoms with Crippen molar-refractivity contribution < 1.29 is 9.26 Å². The van der Waals surface area contributed by atoms with Crippen LogP contribution in [0.15, 0.2) is 4.52 Å². The molecule has 0 radical (unpaired) electrons. The molecule has 2 atom stereocenters. The quantitative estimate of drug-likeness (QED) is 0.822. The van der Waals surface area contributed by atoms with Gasteiger partial charge in [-0.1, -0.05) is 13.8 Å². The number of ether oxygens (including phenoxy) is 1. The number of anilines is 1. The molecule has 1 N–H and O–H groups in total. The summed E-state index contributed by atoms with van der Waals surface area (Å²) in [6.07, 6.45) is 2.12. The number of nitrogens with zero attached hydrogens (tertiary/aromatic N) is 3. The molecule has 1 aromatic rings. The zero-order valence-corrected chi connectivity index (χ0v) is 12.8. The highest BCUT2D eigenvalue weighted by Gasteiger charge is 2.25. The van der Waals surface area contributed by atoms with E-state index in [1.165, 1.54) is 0 Å². The van der Waals surface area contributed by atoms with Crippen molar-refractivity contribution in [3.63, 3.8) is 0 Å². The highest BCUT2D eigenvalue weighted by Crippen LogP contribution is 2.24. The molecule has 20 heavy (non-hydrogen) atoms. The van der Waals surface area contributed by atoms with Crippen LogP contribution in [0.25, 0.3) is 0 Å². The average molecular weight is 282 g/mol. The zero-order valence-electron chi connectivity index (χ0n) is 12.8. The Balaban J connectivity index is 2.01. The topological polar surface area (TPSA) is 63.4 Å². The molecule has 0 bridgehead atoms. The third-order valence-electron chi connectivity index (χ3n) is 3.80. The molecule has 0 spiro atoms. The van der Waals surface area contributed by atoms with Gasteiger partial charge in [-0.05, 0) is 31.5 Å². The zero-order chi connectivity index (χ0) is 14.4. The van der Waals surface area contributed by atoms with E-state index in [9.17, 15) is 0 Å². The van der Waals surface area contributed by atoms with Gasteiger partial charge in [0.15, 0.2) is 0 Å². The summed E-state index contributed by atoms with van der Waals surface area (Å²) in [5.74, 6) is 1.71.